The van der Waals surface area contributed by atoms with Gasteiger partial charge in [-0.15, -0.1) is 0 Å². The van der Waals surface area contributed by atoms with E-state index in [1.54, 1.807) is 18.2 Å². The summed E-state index contributed by atoms with van der Waals surface area (Å²) in [5.74, 6) is -0.365. The van der Waals surface area contributed by atoms with Gasteiger partial charge in [-0.3, -0.25) is 4.79 Å². The Morgan fingerprint density at radius 1 is 1.06 bits per heavy atom. The van der Waals surface area contributed by atoms with Gasteiger partial charge >= 0.3 is 0 Å². The molecule has 0 bridgehead atoms. The highest BCUT2D eigenvalue weighted by atomic mass is 35.5. The van der Waals surface area contributed by atoms with Crippen molar-refractivity contribution in [2.45, 2.75) is 30.3 Å². The number of likely N-dealkylation sites (tertiary alicyclic amines) is 1. The van der Waals surface area contributed by atoms with Crippen LogP contribution in [0.2, 0.25) is 15.1 Å². The van der Waals surface area contributed by atoms with Crippen molar-refractivity contribution in [3.63, 3.8) is 0 Å². The molecule has 6 nitrogen and oxygen atoms in total. The third-order valence-corrected chi connectivity index (χ3v) is 8.02. The molecular weight excluding hydrogens is 481 g/mol. The first-order valence-electron chi connectivity index (χ1n) is 9.83. The van der Waals surface area contributed by atoms with Crippen molar-refractivity contribution in [2.24, 2.45) is 0 Å². The highest BCUT2D eigenvalue weighted by Gasteiger charge is 2.29. The number of halogens is 3. The standard InChI is InChI=1S/C21H24Cl3N3O3S/c1-26-11-9-16(10-12-26)25-21(28)14-27(13-18-19(23)3-2-4-20(18)24)31(29,30)17-7-5-15(22)6-8-17/h2-8,16H,9-14H2,1H3,(H,25,28). The predicted octanol–water partition coefficient (Wildman–Crippen LogP) is 4.05. The smallest absolute Gasteiger partial charge is 0.243 e. The Kier molecular flexibility index (Phi) is 8.24. The van der Waals surface area contributed by atoms with Gasteiger partial charge in [0, 0.05) is 33.2 Å². The number of sulfonamides is 1. The minimum atomic E-state index is -4.01. The number of rotatable bonds is 7. The third-order valence-electron chi connectivity index (χ3n) is 5.25. The summed E-state index contributed by atoms with van der Waals surface area (Å²) in [6.45, 7) is 1.28. The second kappa shape index (κ2) is 10.5. The van der Waals surface area contributed by atoms with Crippen molar-refractivity contribution in [1.29, 1.82) is 0 Å². The van der Waals surface area contributed by atoms with E-state index in [4.69, 9.17) is 34.8 Å². The number of carbonyl (C=O) groups is 1. The van der Waals surface area contributed by atoms with Crippen LogP contribution < -0.4 is 5.32 Å². The Hall–Kier alpha value is -1.35. The zero-order valence-corrected chi connectivity index (χ0v) is 20.1. The fourth-order valence-electron chi connectivity index (χ4n) is 3.43. The second-order valence-electron chi connectivity index (χ2n) is 7.57. The van der Waals surface area contributed by atoms with Gasteiger partial charge in [0.15, 0.2) is 0 Å². The van der Waals surface area contributed by atoms with Gasteiger partial charge in [0.05, 0.1) is 11.4 Å². The fraction of sp³-hybridized carbons (Fsp3) is 0.381. The lowest BCUT2D eigenvalue weighted by Gasteiger charge is -2.30. The monoisotopic (exact) mass is 503 g/mol. The largest absolute Gasteiger partial charge is 0.352 e. The molecule has 31 heavy (non-hydrogen) atoms. The highest BCUT2D eigenvalue weighted by molar-refractivity contribution is 7.89. The lowest BCUT2D eigenvalue weighted by Crippen LogP contribution is -2.47. The first-order valence-corrected chi connectivity index (χ1v) is 12.4. The Balaban J connectivity index is 1.85. The quantitative estimate of drug-likeness (QED) is 0.618. The van der Waals surface area contributed by atoms with Gasteiger partial charge in [-0.25, -0.2) is 8.42 Å². The van der Waals surface area contributed by atoms with Crippen LogP contribution in [0.3, 0.4) is 0 Å². The maximum atomic E-state index is 13.4. The topological polar surface area (TPSA) is 69.7 Å². The maximum Gasteiger partial charge on any atom is 0.243 e. The van der Waals surface area contributed by atoms with Crippen LogP contribution in [0.5, 0.6) is 0 Å². The molecule has 1 fully saturated rings. The zero-order valence-electron chi connectivity index (χ0n) is 17.0. The minimum absolute atomic E-state index is 0.0210. The molecule has 2 aromatic carbocycles. The van der Waals surface area contributed by atoms with E-state index < -0.39 is 10.0 Å². The molecule has 0 spiro atoms. The summed E-state index contributed by atoms with van der Waals surface area (Å²) in [7, 11) is -1.97. The molecule has 0 atom stereocenters. The van der Waals surface area contributed by atoms with Gasteiger partial charge in [-0.1, -0.05) is 40.9 Å². The lowest BCUT2D eigenvalue weighted by atomic mass is 10.1. The summed E-state index contributed by atoms with van der Waals surface area (Å²) in [6, 6.07) is 10.8. The van der Waals surface area contributed by atoms with Gasteiger partial charge < -0.3 is 10.2 Å². The molecule has 1 saturated heterocycles. The molecule has 2 aromatic rings. The lowest BCUT2D eigenvalue weighted by molar-refractivity contribution is -0.122. The number of piperidine rings is 1. The highest BCUT2D eigenvalue weighted by Crippen LogP contribution is 2.28. The molecule has 0 saturated carbocycles. The Bertz CT molecular complexity index is 1000. The molecule has 1 heterocycles. The summed E-state index contributed by atoms with van der Waals surface area (Å²) in [6.07, 6.45) is 1.64. The molecule has 168 valence electrons. The van der Waals surface area contributed by atoms with Crippen molar-refractivity contribution >= 4 is 50.7 Å². The van der Waals surface area contributed by atoms with Gasteiger partial charge in [-0.05, 0) is 69.4 Å². The van der Waals surface area contributed by atoms with E-state index in [2.05, 4.69) is 10.2 Å². The number of benzene rings is 2. The predicted molar refractivity (Wildman–Crippen MR) is 124 cm³/mol. The Morgan fingerprint density at radius 2 is 1.65 bits per heavy atom. The van der Waals surface area contributed by atoms with Crippen LogP contribution in [0.1, 0.15) is 18.4 Å². The molecule has 0 aromatic heterocycles. The van der Waals surface area contributed by atoms with E-state index >= 15 is 0 Å². The van der Waals surface area contributed by atoms with Crippen molar-refractivity contribution in [3.8, 4) is 0 Å². The van der Waals surface area contributed by atoms with Crippen LogP contribution in [-0.2, 0) is 21.4 Å². The van der Waals surface area contributed by atoms with Crippen LogP contribution in [0.15, 0.2) is 47.4 Å². The molecule has 1 amide bonds. The number of amides is 1. The fourth-order valence-corrected chi connectivity index (χ4v) is 5.44. The van der Waals surface area contributed by atoms with Crippen LogP contribution in [-0.4, -0.2) is 56.3 Å². The SMILES string of the molecule is CN1CCC(NC(=O)CN(Cc2c(Cl)cccc2Cl)S(=O)(=O)c2ccc(Cl)cc2)CC1. The molecule has 3 rings (SSSR count). The molecule has 1 aliphatic heterocycles. The summed E-state index contributed by atoms with van der Waals surface area (Å²) in [5, 5.41) is 4.04. The number of nitrogens with zero attached hydrogens (tertiary/aromatic N) is 2. The van der Waals surface area contributed by atoms with Gasteiger partial charge in [0.25, 0.3) is 0 Å². The average Bonchev–Trinajstić information content (AvgIpc) is 2.72. The van der Waals surface area contributed by atoms with Gasteiger partial charge in [0.2, 0.25) is 15.9 Å². The number of carbonyl (C=O) groups excluding carboxylic acids is 1. The number of hydrogen-bond acceptors (Lipinski definition) is 4. The summed E-state index contributed by atoms with van der Waals surface area (Å²) < 4.78 is 27.8. The number of hydrogen-bond donors (Lipinski definition) is 1. The summed E-state index contributed by atoms with van der Waals surface area (Å²) in [4.78, 5) is 15.0. The molecule has 0 aliphatic carbocycles. The van der Waals surface area contributed by atoms with E-state index in [9.17, 15) is 13.2 Å². The van der Waals surface area contributed by atoms with Gasteiger partial charge in [-0.2, -0.15) is 4.31 Å². The van der Waals surface area contributed by atoms with E-state index in [1.807, 2.05) is 7.05 Å². The van der Waals surface area contributed by atoms with Crippen LogP contribution in [0.25, 0.3) is 0 Å². The van der Waals surface area contributed by atoms with E-state index in [-0.39, 0.29) is 29.9 Å². The van der Waals surface area contributed by atoms with Crippen molar-refractivity contribution in [2.75, 3.05) is 26.7 Å². The maximum absolute atomic E-state index is 13.4. The van der Waals surface area contributed by atoms with E-state index in [0.29, 0.717) is 20.6 Å². The molecule has 10 heteroatoms. The van der Waals surface area contributed by atoms with Crippen molar-refractivity contribution < 1.29 is 13.2 Å². The zero-order chi connectivity index (χ0) is 22.6. The molecule has 0 radical (unpaired) electrons. The Morgan fingerprint density at radius 3 is 2.23 bits per heavy atom. The first-order chi connectivity index (χ1) is 14.7. The second-order valence-corrected chi connectivity index (χ2v) is 10.8. The van der Waals surface area contributed by atoms with Crippen LogP contribution in [0, 0.1) is 0 Å². The van der Waals surface area contributed by atoms with E-state index in [0.717, 1.165) is 30.2 Å². The molecule has 1 N–H and O–H groups in total. The summed E-state index contributed by atoms with van der Waals surface area (Å²) in [5.41, 5.74) is 0.440. The molecule has 0 unspecified atom stereocenters. The van der Waals surface area contributed by atoms with Gasteiger partial charge in [0.1, 0.15) is 0 Å². The molecular formula is C21H24Cl3N3O3S. The van der Waals surface area contributed by atoms with Crippen LogP contribution in [0.4, 0.5) is 0 Å². The summed E-state index contributed by atoms with van der Waals surface area (Å²) >= 11 is 18.4. The Labute approximate surface area is 198 Å². The van der Waals surface area contributed by atoms with E-state index in [1.165, 1.54) is 24.3 Å². The minimum Gasteiger partial charge on any atom is -0.352 e. The van der Waals surface area contributed by atoms with Crippen LogP contribution >= 0.6 is 34.8 Å². The van der Waals surface area contributed by atoms with Crippen molar-refractivity contribution in [3.05, 3.63) is 63.1 Å². The average molecular weight is 505 g/mol. The van der Waals surface area contributed by atoms with Crippen molar-refractivity contribution in [1.82, 2.24) is 14.5 Å². The first kappa shape index (κ1) is 24.3. The number of nitrogens with one attached hydrogen (secondary N) is 1. The normalized spacial score (nSPS) is 15.9. The molecule has 1 aliphatic rings. The third kappa shape index (κ3) is 6.34.